The average Bonchev–Trinajstić information content (AvgIpc) is 3.20. The molecule has 0 saturated carbocycles. The van der Waals surface area contributed by atoms with Gasteiger partial charge in [-0.25, -0.2) is 9.82 Å². The number of hydrogen-bond acceptors (Lipinski definition) is 6. The first-order chi connectivity index (χ1) is 16.5. The third kappa shape index (κ3) is 4.24. The molecule has 5 rings (SSSR count). The van der Waals surface area contributed by atoms with Gasteiger partial charge in [0.1, 0.15) is 24.8 Å². The molecule has 2 aliphatic rings. The van der Waals surface area contributed by atoms with Crippen LogP contribution in [0.4, 0.5) is 10.1 Å². The summed E-state index contributed by atoms with van der Waals surface area (Å²) in [5.74, 6) is 0.806. The Hall–Kier alpha value is -4.14. The van der Waals surface area contributed by atoms with Gasteiger partial charge < -0.3 is 19.2 Å². The van der Waals surface area contributed by atoms with Gasteiger partial charge in [0.2, 0.25) is 0 Å². The van der Waals surface area contributed by atoms with Gasteiger partial charge in [-0.05, 0) is 56.2 Å². The van der Waals surface area contributed by atoms with E-state index >= 15 is 0 Å². The molecule has 9 heteroatoms. The Morgan fingerprint density at radius 2 is 1.74 bits per heavy atom. The summed E-state index contributed by atoms with van der Waals surface area (Å²) in [4.78, 5) is 25.4. The van der Waals surface area contributed by atoms with Crippen LogP contribution in [-0.4, -0.2) is 30.7 Å². The Morgan fingerprint density at radius 1 is 0.971 bits per heavy atom. The molecule has 2 amide bonds. The Bertz CT molecular complexity index is 1300. The van der Waals surface area contributed by atoms with Crippen LogP contribution in [0, 0.1) is 12.7 Å². The van der Waals surface area contributed by atoms with E-state index in [0.29, 0.717) is 65.8 Å². The van der Waals surface area contributed by atoms with Gasteiger partial charge in [0.05, 0.1) is 5.71 Å². The number of rotatable bonds is 4. The molecule has 0 saturated heterocycles. The lowest BCUT2D eigenvalue weighted by molar-refractivity contribution is 0.0953. The molecule has 3 aromatic rings. The fraction of sp³-hybridized carbons (Fsp3) is 0.240. The first-order valence-electron chi connectivity index (χ1n) is 11.0. The second-order valence-electron chi connectivity index (χ2n) is 8.03. The number of carbonyl (C=O) groups is 2. The van der Waals surface area contributed by atoms with E-state index in [1.165, 1.54) is 24.3 Å². The highest BCUT2D eigenvalue weighted by Crippen LogP contribution is 2.34. The van der Waals surface area contributed by atoms with Crippen molar-refractivity contribution in [3.63, 3.8) is 0 Å². The Balaban J connectivity index is 1.35. The summed E-state index contributed by atoms with van der Waals surface area (Å²) in [5, 5.41) is 7.13. The van der Waals surface area contributed by atoms with Crippen LogP contribution in [0.15, 0.2) is 52.0 Å². The Morgan fingerprint density at radius 3 is 2.53 bits per heavy atom. The van der Waals surface area contributed by atoms with Crippen LogP contribution >= 0.6 is 0 Å². The number of anilines is 1. The zero-order valence-electron chi connectivity index (χ0n) is 18.4. The average molecular weight is 463 g/mol. The molecule has 1 aromatic heterocycles. The monoisotopic (exact) mass is 463 g/mol. The molecule has 174 valence electrons. The van der Waals surface area contributed by atoms with Gasteiger partial charge in [-0.2, -0.15) is 5.10 Å². The molecule has 0 atom stereocenters. The topological polar surface area (TPSA) is 102 Å². The fourth-order valence-corrected chi connectivity index (χ4v) is 4.09. The van der Waals surface area contributed by atoms with Crippen molar-refractivity contribution in [2.75, 3.05) is 18.5 Å². The van der Waals surface area contributed by atoms with Crippen LogP contribution in [0.1, 0.15) is 50.6 Å². The van der Waals surface area contributed by atoms with E-state index in [0.717, 1.165) is 12.0 Å². The zero-order chi connectivity index (χ0) is 23.7. The van der Waals surface area contributed by atoms with Crippen molar-refractivity contribution in [3.8, 4) is 11.5 Å². The van der Waals surface area contributed by atoms with E-state index in [9.17, 15) is 14.0 Å². The standard InChI is InChI=1S/C25H22FN3O5/c1-14-22-18(28-29-24(30)15-5-7-16(26)8-6-15)3-2-4-20(22)34-23(14)25(31)27-17-9-10-19-21(13-17)33-12-11-32-19/h5-10,13H,2-4,11-12H2,1H3,(H,27,31)(H,29,30)/b28-18+. The van der Waals surface area contributed by atoms with E-state index in [4.69, 9.17) is 13.9 Å². The van der Waals surface area contributed by atoms with Crippen molar-refractivity contribution in [1.29, 1.82) is 0 Å². The molecule has 8 nitrogen and oxygen atoms in total. The minimum absolute atomic E-state index is 0.194. The molecule has 0 unspecified atom stereocenters. The minimum atomic E-state index is -0.447. The number of furan rings is 1. The predicted molar refractivity (Wildman–Crippen MR) is 122 cm³/mol. The van der Waals surface area contributed by atoms with Crippen molar-refractivity contribution in [1.82, 2.24) is 5.43 Å². The molecular weight excluding hydrogens is 441 g/mol. The number of benzene rings is 2. The largest absolute Gasteiger partial charge is 0.486 e. The van der Waals surface area contributed by atoms with Crippen LogP contribution in [0.25, 0.3) is 0 Å². The molecule has 2 heterocycles. The normalized spacial score (nSPS) is 15.5. The highest BCUT2D eigenvalue weighted by molar-refractivity contribution is 6.09. The van der Waals surface area contributed by atoms with Crippen LogP contribution in [0.2, 0.25) is 0 Å². The summed E-state index contributed by atoms with van der Waals surface area (Å²) in [5.41, 5.74) is 5.40. The predicted octanol–water partition coefficient (Wildman–Crippen LogP) is 4.22. The van der Waals surface area contributed by atoms with Gasteiger partial charge in [0, 0.05) is 34.9 Å². The van der Waals surface area contributed by atoms with Crippen molar-refractivity contribution in [2.45, 2.75) is 26.2 Å². The number of nitrogens with one attached hydrogen (secondary N) is 2. The number of fused-ring (bicyclic) bond motifs is 2. The number of nitrogens with zero attached hydrogens (tertiary/aromatic N) is 1. The van der Waals surface area contributed by atoms with Crippen LogP contribution in [0.5, 0.6) is 11.5 Å². The maximum Gasteiger partial charge on any atom is 0.291 e. The molecule has 34 heavy (non-hydrogen) atoms. The van der Waals surface area contributed by atoms with Crippen LogP contribution in [0.3, 0.4) is 0 Å². The first kappa shape index (κ1) is 21.7. The fourth-order valence-electron chi connectivity index (χ4n) is 4.09. The molecule has 0 fully saturated rings. The van der Waals surface area contributed by atoms with E-state index in [1.807, 2.05) is 0 Å². The number of aryl methyl sites for hydroxylation is 1. The lowest BCUT2D eigenvalue weighted by atomic mass is 9.93. The maximum atomic E-state index is 13.1. The lowest BCUT2D eigenvalue weighted by Gasteiger charge is -2.18. The Labute approximate surface area is 194 Å². The van der Waals surface area contributed by atoms with Crippen LogP contribution in [-0.2, 0) is 6.42 Å². The molecular formula is C25H22FN3O5. The van der Waals surface area contributed by atoms with Crippen molar-refractivity contribution < 1.29 is 27.9 Å². The summed E-state index contributed by atoms with van der Waals surface area (Å²) in [7, 11) is 0. The number of halogens is 1. The second-order valence-corrected chi connectivity index (χ2v) is 8.03. The minimum Gasteiger partial charge on any atom is -0.486 e. The third-order valence-corrected chi connectivity index (χ3v) is 5.73. The van der Waals surface area contributed by atoms with Crippen LogP contribution < -0.4 is 20.2 Å². The van der Waals surface area contributed by atoms with Gasteiger partial charge >= 0.3 is 0 Å². The van der Waals surface area contributed by atoms with Crippen molar-refractivity contribution in [3.05, 3.63) is 76.5 Å². The van der Waals surface area contributed by atoms with E-state index in [1.54, 1.807) is 25.1 Å². The zero-order valence-corrected chi connectivity index (χ0v) is 18.4. The number of hydrogen-bond donors (Lipinski definition) is 2. The van der Waals surface area contributed by atoms with Crippen molar-refractivity contribution in [2.24, 2.45) is 5.10 Å². The molecule has 1 aliphatic carbocycles. The summed E-state index contributed by atoms with van der Waals surface area (Å²) in [6, 6.07) is 10.4. The van der Waals surface area contributed by atoms with Crippen molar-refractivity contribution >= 4 is 23.2 Å². The smallest absolute Gasteiger partial charge is 0.291 e. The summed E-state index contributed by atoms with van der Waals surface area (Å²) in [6.07, 6.45) is 2.06. The molecule has 1 aliphatic heterocycles. The third-order valence-electron chi connectivity index (χ3n) is 5.73. The maximum absolute atomic E-state index is 13.1. The number of hydrazone groups is 1. The second kappa shape index (κ2) is 9.01. The van der Waals surface area contributed by atoms with E-state index in [-0.39, 0.29) is 5.76 Å². The molecule has 0 bridgehead atoms. The first-order valence-corrected chi connectivity index (χ1v) is 11.0. The van der Waals surface area contributed by atoms with Gasteiger partial charge in [0.25, 0.3) is 11.8 Å². The van der Waals surface area contributed by atoms with E-state index < -0.39 is 17.6 Å². The van der Waals surface area contributed by atoms with Gasteiger partial charge in [0.15, 0.2) is 17.3 Å². The number of ether oxygens (including phenoxy) is 2. The summed E-state index contributed by atoms with van der Waals surface area (Å²) in [6.45, 7) is 2.74. The van der Waals surface area contributed by atoms with E-state index in [2.05, 4.69) is 15.8 Å². The highest BCUT2D eigenvalue weighted by Gasteiger charge is 2.28. The molecule has 0 spiro atoms. The van der Waals surface area contributed by atoms with Gasteiger partial charge in [-0.1, -0.05) is 0 Å². The highest BCUT2D eigenvalue weighted by atomic mass is 19.1. The summed E-state index contributed by atoms with van der Waals surface area (Å²) >= 11 is 0. The molecule has 2 N–H and O–H groups in total. The summed E-state index contributed by atoms with van der Waals surface area (Å²) < 4.78 is 30.1. The van der Waals surface area contributed by atoms with Gasteiger partial charge in [-0.15, -0.1) is 0 Å². The lowest BCUT2D eigenvalue weighted by Crippen LogP contribution is -2.22. The molecule has 0 radical (unpaired) electrons. The van der Waals surface area contributed by atoms with Gasteiger partial charge in [-0.3, -0.25) is 9.59 Å². The quantitative estimate of drug-likeness (QED) is 0.564. The number of carbonyl (C=O) groups excluding carboxylic acids is 2. The Kier molecular flexibility index (Phi) is 5.75. The molecule has 2 aromatic carbocycles. The SMILES string of the molecule is Cc1c(C(=O)Nc2ccc3c(c2)OCCO3)oc2c1/C(=N/NC(=O)c1ccc(F)cc1)CCC2. The number of amides is 2.